The summed E-state index contributed by atoms with van der Waals surface area (Å²) in [6, 6.07) is 12.9. The highest BCUT2D eigenvalue weighted by molar-refractivity contribution is 5.91. The lowest BCUT2D eigenvalue weighted by atomic mass is 10.2. The zero-order chi connectivity index (χ0) is 16.5. The lowest BCUT2D eigenvalue weighted by molar-refractivity contribution is -0.118. The first-order chi connectivity index (χ1) is 11.2. The average Bonchev–Trinajstić information content (AvgIpc) is 2.59. The number of benzene rings is 1. The number of halogens is 2. The van der Waals surface area contributed by atoms with E-state index in [0.717, 1.165) is 5.69 Å². The van der Waals surface area contributed by atoms with Crippen molar-refractivity contribution in [2.24, 2.45) is 5.73 Å². The second kappa shape index (κ2) is 12.5. The zero-order valence-corrected chi connectivity index (χ0v) is 15.5. The third kappa shape index (κ3) is 8.18. The molecule has 0 bridgehead atoms. The van der Waals surface area contributed by atoms with Gasteiger partial charge in [0.1, 0.15) is 12.4 Å². The second-order valence-electron chi connectivity index (χ2n) is 4.98. The van der Waals surface area contributed by atoms with Gasteiger partial charge in [0.2, 0.25) is 5.91 Å². The third-order valence-corrected chi connectivity index (χ3v) is 3.24. The maximum absolute atomic E-state index is 11.9. The standard InChI is InChI=1S/C17H21N3O3.2ClH/c1-22-16(11-18)10-17(21)20-13-6-4-7-15(9-13)23-12-14-5-2-3-8-19-14;;/h2-9,16H,10-12,18H2,1H3,(H,20,21);2*1H. The molecule has 8 heteroatoms. The number of hydrogen-bond donors (Lipinski definition) is 2. The van der Waals surface area contributed by atoms with Crippen LogP contribution in [0.4, 0.5) is 5.69 Å². The van der Waals surface area contributed by atoms with E-state index >= 15 is 0 Å². The van der Waals surface area contributed by atoms with Crippen molar-refractivity contribution in [3.63, 3.8) is 0 Å². The fraction of sp³-hybridized carbons (Fsp3) is 0.294. The van der Waals surface area contributed by atoms with Crippen LogP contribution in [0.3, 0.4) is 0 Å². The van der Waals surface area contributed by atoms with Gasteiger partial charge in [-0.05, 0) is 24.3 Å². The smallest absolute Gasteiger partial charge is 0.227 e. The van der Waals surface area contributed by atoms with Crippen LogP contribution in [-0.2, 0) is 16.1 Å². The lowest BCUT2D eigenvalue weighted by Crippen LogP contribution is -2.28. The Morgan fingerprint density at radius 3 is 2.68 bits per heavy atom. The van der Waals surface area contributed by atoms with Crippen molar-refractivity contribution in [2.45, 2.75) is 19.1 Å². The van der Waals surface area contributed by atoms with Gasteiger partial charge in [-0.15, -0.1) is 24.8 Å². The number of nitrogens with two attached hydrogens (primary N) is 1. The van der Waals surface area contributed by atoms with Crippen LogP contribution in [0.2, 0.25) is 0 Å². The SMILES string of the molecule is COC(CN)CC(=O)Nc1cccc(OCc2ccccn2)c1.Cl.Cl. The molecule has 0 spiro atoms. The average molecular weight is 388 g/mol. The van der Waals surface area contributed by atoms with Gasteiger partial charge in [-0.1, -0.05) is 12.1 Å². The molecule has 0 aliphatic rings. The van der Waals surface area contributed by atoms with Gasteiger partial charge in [-0.2, -0.15) is 0 Å². The molecule has 25 heavy (non-hydrogen) atoms. The number of ether oxygens (including phenoxy) is 2. The van der Waals surface area contributed by atoms with Crippen LogP contribution < -0.4 is 15.8 Å². The molecule has 1 aromatic heterocycles. The summed E-state index contributed by atoms with van der Waals surface area (Å²) >= 11 is 0. The number of pyridine rings is 1. The quantitative estimate of drug-likeness (QED) is 0.726. The number of nitrogens with zero attached hydrogens (tertiary/aromatic N) is 1. The van der Waals surface area contributed by atoms with E-state index < -0.39 is 0 Å². The van der Waals surface area contributed by atoms with E-state index in [2.05, 4.69) is 10.3 Å². The van der Waals surface area contributed by atoms with Crippen molar-refractivity contribution in [2.75, 3.05) is 19.0 Å². The van der Waals surface area contributed by atoms with E-state index in [4.69, 9.17) is 15.2 Å². The van der Waals surface area contributed by atoms with Gasteiger partial charge in [0.25, 0.3) is 0 Å². The van der Waals surface area contributed by atoms with Crippen molar-refractivity contribution >= 4 is 36.4 Å². The molecule has 2 rings (SSSR count). The number of carbonyl (C=O) groups is 1. The summed E-state index contributed by atoms with van der Waals surface area (Å²) in [4.78, 5) is 16.1. The first-order valence-corrected chi connectivity index (χ1v) is 7.36. The van der Waals surface area contributed by atoms with Crippen LogP contribution in [0.15, 0.2) is 48.7 Å². The number of rotatable bonds is 8. The van der Waals surface area contributed by atoms with Gasteiger partial charge >= 0.3 is 0 Å². The van der Waals surface area contributed by atoms with E-state index in [-0.39, 0.29) is 43.2 Å². The van der Waals surface area contributed by atoms with E-state index in [0.29, 0.717) is 24.6 Å². The summed E-state index contributed by atoms with van der Waals surface area (Å²) in [5, 5.41) is 2.81. The van der Waals surface area contributed by atoms with E-state index in [1.807, 2.05) is 30.3 Å². The Bertz CT molecular complexity index is 626. The largest absolute Gasteiger partial charge is 0.487 e. The number of methoxy groups -OCH3 is 1. The zero-order valence-electron chi connectivity index (χ0n) is 13.9. The molecule has 1 heterocycles. The molecular formula is C17H23Cl2N3O3. The predicted octanol–water partition coefficient (Wildman–Crippen LogP) is 2.81. The fourth-order valence-electron chi connectivity index (χ4n) is 1.99. The maximum atomic E-state index is 11.9. The summed E-state index contributed by atoms with van der Waals surface area (Å²) in [6.07, 6.45) is 1.66. The van der Waals surface area contributed by atoms with Gasteiger partial charge < -0.3 is 20.5 Å². The van der Waals surface area contributed by atoms with Gasteiger partial charge in [0, 0.05) is 31.6 Å². The van der Waals surface area contributed by atoms with Crippen LogP contribution >= 0.6 is 24.8 Å². The monoisotopic (exact) mass is 387 g/mol. The molecule has 3 N–H and O–H groups in total. The van der Waals surface area contributed by atoms with Gasteiger partial charge in [0.05, 0.1) is 18.2 Å². The van der Waals surface area contributed by atoms with Gasteiger partial charge in [-0.25, -0.2) is 0 Å². The van der Waals surface area contributed by atoms with Crippen LogP contribution in [0, 0.1) is 0 Å². The fourth-order valence-corrected chi connectivity index (χ4v) is 1.99. The number of carbonyl (C=O) groups excluding carboxylic acids is 1. The topological polar surface area (TPSA) is 86.5 Å². The van der Waals surface area contributed by atoms with Crippen molar-refractivity contribution in [3.8, 4) is 5.75 Å². The molecule has 0 radical (unpaired) electrons. The first kappa shape index (κ1) is 23.1. The normalized spacial score (nSPS) is 10.8. The minimum atomic E-state index is -0.279. The number of nitrogens with one attached hydrogen (secondary N) is 1. The van der Waals surface area contributed by atoms with E-state index in [1.54, 1.807) is 18.3 Å². The molecule has 2 aromatic rings. The minimum absolute atomic E-state index is 0. The Morgan fingerprint density at radius 2 is 2.04 bits per heavy atom. The Hall–Kier alpha value is -1.86. The highest BCUT2D eigenvalue weighted by Gasteiger charge is 2.11. The lowest BCUT2D eigenvalue weighted by Gasteiger charge is -2.13. The summed E-state index contributed by atoms with van der Waals surface area (Å²) in [5.41, 5.74) is 7.02. The van der Waals surface area contributed by atoms with Crippen molar-refractivity contribution < 1.29 is 14.3 Å². The summed E-state index contributed by atoms with van der Waals surface area (Å²) < 4.78 is 10.8. The molecule has 0 fully saturated rings. The highest BCUT2D eigenvalue weighted by Crippen LogP contribution is 2.18. The number of aromatic nitrogens is 1. The number of amides is 1. The summed E-state index contributed by atoms with van der Waals surface area (Å²) in [7, 11) is 1.54. The van der Waals surface area contributed by atoms with Crippen molar-refractivity contribution in [3.05, 3.63) is 54.4 Å². The molecule has 1 unspecified atom stereocenters. The predicted molar refractivity (Wildman–Crippen MR) is 103 cm³/mol. The van der Waals surface area contributed by atoms with Crippen LogP contribution in [0.1, 0.15) is 12.1 Å². The van der Waals surface area contributed by atoms with Crippen molar-refractivity contribution in [1.29, 1.82) is 0 Å². The third-order valence-electron chi connectivity index (χ3n) is 3.24. The molecule has 1 amide bonds. The van der Waals surface area contributed by atoms with Crippen LogP contribution in [0.5, 0.6) is 5.75 Å². The molecule has 0 aliphatic heterocycles. The molecule has 0 aliphatic carbocycles. The molecule has 0 saturated heterocycles. The Morgan fingerprint density at radius 1 is 1.24 bits per heavy atom. The molecule has 0 saturated carbocycles. The molecule has 138 valence electrons. The molecule has 6 nitrogen and oxygen atoms in total. The number of anilines is 1. The van der Waals surface area contributed by atoms with Crippen LogP contribution in [-0.4, -0.2) is 30.6 Å². The number of hydrogen-bond acceptors (Lipinski definition) is 5. The Balaban J connectivity index is 0.00000288. The van der Waals surface area contributed by atoms with Crippen molar-refractivity contribution in [1.82, 2.24) is 4.98 Å². The molecule has 1 aromatic carbocycles. The maximum Gasteiger partial charge on any atom is 0.227 e. The minimum Gasteiger partial charge on any atom is -0.487 e. The van der Waals surface area contributed by atoms with Gasteiger partial charge in [0.15, 0.2) is 0 Å². The van der Waals surface area contributed by atoms with Crippen LogP contribution in [0.25, 0.3) is 0 Å². The van der Waals surface area contributed by atoms with E-state index in [1.165, 1.54) is 7.11 Å². The molecule has 1 atom stereocenters. The summed E-state index contributed by atoms with van der Waals surface area (Å²) in [5.74, 6) is 0.514. The Kier molecular flexibility index (Phi) is 11.6. The second-order valence-corrected chi connectivity index (χ2v) is 4.98. The highest BCUT2D eigenvalue weighted by atomic mass is 35.5. The first-order valence-electron chi connectivity index (χ1n) is 7.36. The van der Waals surface area contributed by atoms with E-state index in [9.17, 15) is 4.79 Å². The van der Waals surface area contributed by atoms with Gasteiger partial charge in [-0.3, -0.25) is 9.78 Å². The Labute approximate surface area is 159 Å². The summed E-state index contributed by atoms with van der Waals surface area (Å²) in [6.45, 7) is 0.675. The molecular weight excluding hydrogens is 365 g/mol.